The van der Waals surface area contributed by atoms with Gasteiger partial charge in [0.1, 0.15) is 6.54 Å². The molecule has 8 nitrogen and oxygen atoms in total. The Kier molecular flexibility index (Phi) is 4.07. The second-order valence-electron chi connectivity index (χ2n) is 7.85. The highest BCUT2D eigenvalue weighted by atomic mass is 16.4. The molecule has 8 heteroatoms. The van der Waals surface area contributed by atoms with Crippen molar-refractivity contribution in [3.8, 4) is 0 Å². The summed E-state index contributed by atoms with van der Waals surface area (Å²) < 4.78 is 9.14. The first-order valence-corrected chi connectivity index (χ1v) is 9.92. The maximum absolute atomic E-state index is 13.3. The minimum atomic E-state index is -1.01. The van der Waals surface area contributed by atoms with Crippen molar-refractivity contribution in [2.45, 2.75) is 63.5 Å². The Morgan fingerprint density at radius 2 is 1.89 bits per heavy atom. The number of carboxylic acid groups (broad SMARTS) is 1. The Labute approximate surface area is 160 Å². The zero-order valence-electron chi connectivity index (χ0n) is 15.5. The average molecular weight is 382 g/mol. The van der Waals surface area contributed by atoms with Gasteiger partial charge in [-0.1, -0.05) is 19.3 Å². The van der Waals surface area contributed by atoms with Gasteiger partial charge in [0.15, 0.2) is 0 Å². The summed E-state index contributed by atoms with van der Waals surface area (Å²) >= 11 is 0. The molecule has 146 valence electrons. The maximum Gasteiger partial charge on any atom is 0.335 e. The van der Waals surface area contributed by atoms with E-state index >= 15 is 0 Å². The van der Waals surface area contributed by atoms with Crippen LogP contribution < -0.4 is 5.69 Å². The molecule has 0 amide bonds. The molecule has 1 N–H and O–H groups in total. The number of benzene rings is 1. The van der Waals surface area contributed by atoms with Crippen molar-refractivity contribution in [2.75, 3.05) is 0 Å². The van der Waals surface area contributed by atoms with E-state index in [4.69, 9.17) is 4.42 Å². The third kappa shape index (κ3) is 2.93. The number of aromatic nitrogens is 4. The molecule has 5 rings (SSSR count). The van der Waals surface area contributed by atoms with Gasteiger partial charge in [0.2, 0.25) is 11.8 Å². The molecular weight excluding hydrogens is 360 g/mol. The summed E-state index contributed by atoms with van der Waals surface area (Å²) in [5, 5.41) is 17.6. The number of fused-ring (bicyclic) bond motifs is 1. The van der Waals surface area contributed by atoms with Crippen molar-refractivity contribution in [1.29, 1.82) is 0 Å². The zero-order valence-corrected chi connectivity index (χ0v) is 15.5. The van der Waals surface area contributed by atoms with Crippen LogP contribution in [0.2, 0.25) is 0 Å². The predicted octanol–water partition coefficient (Wildman–Crippen LogP) is 3.32. The number of imidazole rings is 1. The number of hydrogen-bond donors (Lipinski definition) is 1. The minimum absolute atomic E-state index is 0.143. The lowest BCUT2D eigenvalue weighted by molar-refractivity contribution is 0.0697. The summed E-state index contributed by atoms with van der Waals surface area (Å²) in [6, 6.07) is 5.02. The van der Waals surface area contributed by atoms with Gasteiger partial charge in [-0.2, -0.15) is 0 Å². The van der Waals surface area contributed by atoms with Crippen LogP contribution in [0.25, 0.3) is 11.0 Å². The fraction of sp³-hybridized carbons (Fsp3) is 0.500. The van der Waals surface area contributed by atoms with Crippen LogP contribution in [-0.4, -0.2) is 30.4 Å². The lowest BCUT2D eigenvalue weighted by Gasteiger charge is -2.22. The summed E-state index contributed by atoms with van der Waals surface area (Å²) in [6.45, 7) is 0.151. The van der Waals surface area contributed by atoms with E-state index in [1.54, 1.807) is 22.8 Å². The molecule has 2 saturated carbocycles. The summed E-state index contributed by atoms with van der Waals surface area (Å²) in [4.78, 5) is 24.8. The highest BCUT2D eigenvalue weighted by Crippen LogP contribution is 2.39. The van der Waals surface area contributed by atoms with E-state index < -0.39 is 5.97 Å². The molecule has 28 heavy (non-hydrogen) atoms. The Bertz CT molecular complexity index is 1100. The Morgan fingerprint density at radius 3 is 2.61 bits per heavy atom. The van der Waals surface area contributed by atoms with Gasteiger partial charge in [0, 0.05) is 12.0 Å². The molecule has 0 unspecified atom stereocenters. The molecule has 0 radical (unpaired) electrons. The van der Waals surface area contributed by atoms with Crippen LogP contribution in [0, 0.1) is 0 Å². The number of aromatic carboxylic acids is 1. The molecule has 1 aromatic carbocycles. The summed E-state index contributed by atoms with van der Waals surface area (Å²) in [7, 11) is 0. The average Bonchev–Trinajstić information content (AvgIpc) is 3.39. The quantitative estimate of drug-likeness (QED) is 0.726. The van der Waals surface area contributed by atoms with Gasteiger partial charge in [0.25, 0.3) is 0 Å². The molecule has 0 saturated heterocycles. The molecule has 0 spiro atoms. The van der Waals surface area contributed by atoms with Crippen molar-refractivity contribution in [3.63, 3.8) is 0 Å². The summed E-state index contributed by atoms with van der Waals surface area (Å²) in [5.41, 5.74) is 1.38. The molecule has 2 fully saturated rings. The van der Waals surface area contributed by atoms with Gasteiger partial charge in [-0.3, -0.25) is 9.13 Å². The van der Waals surface area contributed by atoms with Crippen molar-refractivity contribution in [2.24, 2.45) is 0 Å². The fourth-order valence-electron chi connectivity index (χ4n) is 4.22. The first kappa shape index (κ1) is 17.2. The number of hydrogen-bond acceptors (Lipinski definition) is 5. The van der Waals surface area contributed by atoms with E-state index in [0.29, 0.717) is 23.2 Å². The Balaban J connectivity index is 1.62. The van der Waals surface area contributed by atoms with Crippen LogP contribution in [-0.2, 0) is 6.54 Å². The number of rotatable bonds is 5. The Morgan fingerprint density at radius 1 is 1.11 bits per heavy atom. The first-order valence-electron chi connectivity index (χ1n) is 9.92. The van der Waals surface area contributed by atoms with Crippen LogP contribution in [0.1, 0.15) is 79.0 Å². The molecule has 2 aliphatic carbocycles. The van der Waals surface area contributed by atoms with E-state index in [-0.39, 0.29) is 23.8 Å². The second-order valence-corrected chi connectivity index (χ2v) is 7.85. The van der Waals surface area contributed by atoms with E-state index in [9.17, 15) is 14.7 Å². The molecule has 0 atom stereocenters. The summed E-state index contributed by atoms with van der Waals surface area (Å²) in [6.07, 6.45) is 7.45. The third-order valence-electron chi connectivity index (χ3n) is 5.85. The first-order chi connectivity index (χ1) is 13.6. The van der Waals surface area contributed by atoms with Crippen molar-refractivity contribution >= 4 is 17.0 Å². The van der Waals surface area contributed by atoms with Crippen LogP contribution in [0.15, 0.2) is 27.4 Å². The van der Waals surface area contributed by atoms with Gasteiger partial charge in [0.05, 0.1) is 16.6 Å². The number of carboxylic acids is 1. The fourth-order valence-corrected chi connectivity index (χ4v) is 4.22. The molecule has 2 heterocycles. The van der Waals surface area contributed by atoms with Crippen LogP contribution in [0.4, 0.5) is 0 Å². The highest BCUT2D eigenvalue weighted by Gasteiger charge is 2.30. The van der Waals surface area contributed by atoms with Crippen LogP contribution in [0.5, 0.6) is 0 Å². The molecule has 0 aliphatic heterocycles. The lowest BCUT2D eigenvalue weighted by Crippen LogP contribution is -2.29. The maximum atomic E-state index is 13.3. The second kappa shape index (κ2) is 6.61. The van der Waals surface area contributed by atoms with Crippen LogP contribution >= 0.6 is 0 Å². The van der Waals surface area contributed by atoms with E-state index in [1.807, 2.05) is 4.57 Å². The van der Waals surface area contributed by atoms with E-state index in [1.165, 1.54) is 6.42 Å². The topological polar surface area (TPSA) is 103 Å². The van der Waals surface area contributed by atoms with E-state index in [0.717, 1.165) is 44.0 Å². The molecule has 2 aromatic heterocycles. The van der Waals surface area contributed by atoms with Gasteiger partial charge >= 0.3 is 11.7 Å². The van der Waals surface area contributed by atoms with Gasteiger partial charge in [-0.05, 0) is 43.9 Å². The Hall–Kier alpha value is -2.90. The highest BCUT2D eigenvalue weighted by molar-refractivity contribution is 5.92. The SMILES string of the molecule is O=C(O)c1ccc2c(c1)n(Cc1nnc(C3CC3)o1)c(=O)n2C1CCCCC1. The third-order valence-corrected chi connectivity index (χ3v) is 5.85. The minimum Gasteiger partial charge on any atom is -0.478 e. The largest absolute Gasteiger partial charge is 0.478 e. The zero-order chi connectivity index (χ0) is 19.3. The van der Waals surface area contributed by atoms with Gasteiger partial charge in [-0.15, -0.1) is 10.2 Å². The molecule has 0 bridgehead atoms. The summed E-state index contributed by atoms with van der Waals surface area (Å²) in [5.74, 6) is 0.345. The van der Waals surface area contributed by atoms with E-state index in [2.05, 4.69) is 10.2 Å². The van der Waals surface area contributed by atoms with Gasteiger partial charge < -0.3 is 9.52 Å². The van der Waals surface area contributed by atoms with Crippen molar-refractivity contribution < 1.29 is 14.3 Å². The normalized spacial score (nSPS) is 18.0. The molecule has 2 aliphatic rings. The number of carbonyl (C=O) groups is 1. The van der Waals surface area contributed by atoms with Gasteiger partial charge in [-0.25, -0.2) is 9.59 Å². The lowest BCUT2D eigenvalue weighted by atomic mass is 9.95. The van der Waals surface area contributed by atoms with Crippen molar-refractivity contribution in [1.82, 2.24) is 19.3 Å². The molecule has 3 aromatic rings. The van der Waals surface area contributed by atoms with Crippen molar-refractivity contribution in [3.05, 3.63) is 46.0 Å². The number of nitrogens with zero attached hydrogens (tertiary/aromatic N) is 4. The monoisotopic (exact) mass is 382 g/mol. The standard InChI is InChI=1S/C20H22N4O4/c25-19(26)13-8-9-15-16(10-13)23(11-17-21-22-18(28-17)12-6-7-12)20(27)24(15)14-4-2-1-3-5-14/h8-10,12,14H,1-7,11H2,(H,25,26). The van der Waals surface area contributed by atoms with Crippen LogP contribution in [0.3, 0.4) is 0 Å². The predicted molar refractivity (Wildman–Crippen MR) is 101 cm³/mol. The molecular formula is C20H22N4O4. The smallest absolute Gasteiger partial charge is 0.335 e.